The molecule has 0 atom stereocenters. The number of nitrogens with two attached hydrogens (primary N) is 1. The predicted molar refractivity (Wildman–Crippen MR) is 51.3 cm³/mol. The van der Waals surface area contributed by atoms with Crippen molar-refractivity contribution in [2.24, 2.45) is 0 Å². The highest BCUT2D eigenvalue weighted by Gasteiger charge is 2.05. The van der Waals surface area contributed by atoms with Gasteiger partial charge in [0, 0.05) is 23.4 Å². The van der Waals surface area contributed by atoms with Crippen LogP contribution in [0, 0.1) is 6.92 Å². The minimum Gasteiger partial charge on any atom is -0.398 e. The van der Waals surface area contributed by atoms with Crippen LogP contribution in [0.1, 0.15) is 11.1 Å². The number of benzene rings is 1. The first-order valence-corrected chi connectivity index (χ1v) is 4.07. The van der Waals surface area contributed by atoms with E-state index in [9.17, 15) is 0 Å². The molecule has 0 unspecified atom stereocenters. The summed E-state index contributed by atoms with van der Waals surface area (Å²) in [5, 5.41) is 0.667. The van der Waals surface area contributed by atoms with E-state index in [0.29, 0.717) is 11.6 Å². The van der Waals surface area contributed by atoms with E-state index in [1.165, 1.54) is 0 Å². The van der Waals surface area contributed by atoms with Crippen LogP contribution in [0.3, 0.4) is 0 Å². The van der Waals surface area contributed by atoms with Gasteiger partial charge in [-0.3, -0.25) is 0 Å². The van der Waals surface area contributed by atoms with Gasteiger partial charge in [0.2, 0.25) is 0 Å². The number of rotatable bonds is 2. The maximum atomic E-state index is 5.92. The minimum atomic E-state index is 0.465. The molecule has 0 heterocycles. The van der Waals surface area contributed by atoms with Gasteiger partial charge < -0.3 is 10.5 Å². The quantitative estimate of drug-likeness (QED) is 0.719. The first-order chi connectivity index (χ1) is 5.66. The fourth-order valence-electron chi connectivity index (χ4n) is 1.05. The van der Waals surface area contributed by atoms with Gasteiger partial charge in [0.25, 0.3) is 0 Å². The van der Waals surface area contributed by atoms with Crippen molar-refractivity contribution in [3.63, 3.8) is 0 Å². The Morgan fingerprint density at radius 1 is 1.50 bits per heavy atom. The third-order valence-corrected chi connectivity index (χ3v) is 2.16. The molecule has 0 saturated carbocycles. The molecule has 0 saturated heterocycles. The topological polar surface area (TPSA) is 35.2 Å². The van der Waals surface area contributed by atoms with Crippen LogP contribution in [-0.2, 0) is 11.3 Å². The highest BCUT2D eigenvalue weighted by molar-refractivity contribution is 6.31. The molecule has 1 aromatic carbocycles. The van der Waals surface area contributed by atoms with E-state index < -0.39 is 0 Å². The first kappa shape index (κ1) is 9.36. The molecular formula is C9H12ClNO. The van der Waals surface area contributed by atoms with E-state index in [1.54, 1.807) is 7.11 Å². The molecule has 12 heavy (non-hydrogen) atoms. The molecule has 0 aliphatic carbocycles. The van der Waals surface area contributed by atoms with Crippen molar-refractivity contribution in [1.29, 1.82) is 0 Å². The summed E-state index contributed by atoms with van der Waals surface area (Å²) in [6.07, 6.45) is 0. The highest BCUT2D eigenvalue weighted by atomic mass is 35.5. The molecule has 0 fully saturated rings. The molecule has 0 amide bonds. The third kappa shape index (κ3) is 1.71. The van der Waals surface area contributed by atoms with Gasteiger partial charge in [-0.2, -0.15) is 0 Å². The lowest BCUT2D eigenvalue weighted by Crippen LogP contribution is -1.99. The van der Waals surface area contributed by atoms with Crippen LogP contribution < -0.4 is 5.73 Å². The number of nitrogen functional groups attached to an aromatic ring is 1. The molecule has 0 spiro atoms. The maximum Gasteiger partial charge on any atom is 0.0747 e. The smallest absolute Gasteiger partial charge is 0.0747 e. The number of ether oxygens (including phenoxy) is 1. The van der Waals surface area contributed by atoms with Gasteiger partial charge in [0.05, 0.1) is 6.61 Å². The Bertz CT molecular complexity index is 286. The molecule has 66 valence electrons. The summed E-state index contributed by atoms with van der Waals surface area (Å²) in [6, 6.07) is 3.73. The van der Waals surface area contributed by atoms with Crippen LogP contribution in [0.2, 0.25) is 5.02 Å². The van der Waals surface area contributed by atoms with Crippen molar-refractivity contribution in [3.05, 3.63) is 28.3 Å². The molecule has 0 aliphatic heterocycles. The van der Waals surface area contributed by atoms with E-state index >= 15 is 0 Å². The maximum absolute atomic E-state index is 5.92. The van der Waals surface area contributed by atoms with Crippen molar-refractivity contribution in [2.75, 3.05) is 12.8 Å². The van der Waals surface area contributed by atoms with Crippen LogP contribution in [0.25, 0.3) is 0 Å². The van der Waals surface area contributed by atoms with Gasteiger partial charge in [0.15, 0.2) is 0 Å². The van der Waals surface area contributed by atoms with Crippen LogP contribution in [-0.4, -0.2) is 7.11 Å². The van der Waals surface area contributed by atoms with E-state index in [2.05, 4.69) is 0 Å². The van der Waals surface area contributed by atoms with Crippen LogP contribution in [0.4, 0.5) is 5.69 Å². The summed E-state index contributed by atoms with van der Waals surface area (Å²) < 4.78 is 4.98. The van der Waals surface area contributed by atoms with Gasteiger partial charge in [-0.05, 0) is 18.6 Å². The Morgan fingerprint density at radius 3 is 2.75 bits per heavy atom. The Labute approximate surface area is 77.3 Å². The van der Waals surface area contributed by atoms with Gasteiger partial charge >= 0.3 is 0 Å². The number of aryl methyl sites for hydroxylation is 1. The van der Waals surface area contributed by atoms with Crippen molar-refractivity contribution in [1.82, 2.24) is 0 Å². The Kier molecular flexibility index (Phi) is 2.95. The zero-order valence-corrected chi connectivity index (χ0v) is 7.98. The molecule has 0 aliphatic rings. The average Bonchev–Trinajstić information content (AvgIpc) is 2.06. The number of hydrogen-bond donors (Lipinski definition) is 1. The van der Waals surface area contributed by atoms with Gasteiger partial charge in [-0.1, -0.05) is 17.7 Å². The summed E-state index contributed by atoms with van der Waals surface area (Å²) in [7, 11) is 1.62. The molecule has 1 rings (SSSR count). The van der Waals surface area contributed by atoms with Crippen molar-refractivity contribution in [2.45, 2.75) is 13.5 Å². The summed E-state index contributed by atoms with van der Waals surface area (Å²) in [5.41, 5.74) is 8.44. The summed E-state index contributed by atoms with van der Waals surface area (Å²) in [4.78, 5) is 0. The summed E-state index contributed by atoms with van der Waals surface area (Å²) in [5.74, 6) is 0. The van der Waals surface area contributed by atoms with E-state index in [-0.39, 0.29) is 0 Å². The SMILES string of the molecule is COCc1c(Cl)ccc(C)c1N. The van der Waals surface area contributed by atoms with Crippen LogP contribution >= 0.6 is 11.6 Å². The van der Waals surface area contributed by atoms with Crippen LogP contribution in [0.15, 0.2) is 12.1 Å². The molecule has 1 aromatic rings. The zero-order chi connectivity index (χ0) is 9.14. The van der Waals surface area contributed by atoms with Crippen molar-refractivity contribution >= 4 is 17.3 Å². The number of hydrogen-bond acceptors (Lipinski definition) is 2. The number of methoxy groups -OCH3 is 1. The molecule has 2 nitrogen and oxygen atoms in total. The molecule has 0 bridgehead atoms. The molecular weight excluding hydrogens is 174 g/mol. The second-order valence-electron chi connectivity index (χ2n) is 2.69. The normalized spacial score (nSPS) is 10.2. The first-order valence-electron chi connectivity index (χ1n) is 3.69. The Morgan fingerprint density at radius 2 is 2.17 bits per heavy atom. The van der Waals surface area contributed by atoms with Crippen LogP contribution in [0.5, 0.6) is 0 Å². The average molecular weight is 186 g/mol. The van der Waals surface area contributed by atoms with Crippen molar-refractivity contribution < 1.29 is 4.74 Å². The minimum absolute atomic E-state index is 0.465. The standard InChI is InChI=1S/C9H12ClNO/c1-6-3-4-8(10)7(5-12-2)9(6)11/h3-4H,5,11H2,1-2H3. The predicted octanol–water partition coefficient (Wildman–Crippen LogP) is 2.38. The van der Waals surface area contributed by atoms with Crippen molar-refractivity contribution in [3.8, 4) is 0 Å². The van der Waals surface area contributed by atoms with E-state index in [1.807, 2.05) is 19.1 Å². The lowest BCUT2D eigenvalue weighted by molar-refractivity contribution is 0.185. The van der Waals surface area contributed by atoms with E-state index in [0.717, 1.165) is 16.8 Å². The molecule has 0 aromatic heterocycles. The Balaban J connectivity index is 3.14. The third-order valence-electron chi connectivity index (χ3n) is 1.81. The van der Waals surface area contributed by atoms with Gasteiger partial charge in [-0.25, -0.2) is 0 Å². The monoisotopic (exact) mass is 185 g/mol. The summed E-state index contributed by atoms with van der Waals surface area (Å²) in [6.45, 7) is 2.41. The molecule has 0 radical (unpaired) electrons. The molecule has 2 N–H and O–H groups in total. The molecule has 3 heteroatoms. The highest BCUT2D eigenvalue weighted by Crippen LogP contribution is 2.25. The lowest BCUT2D eigenvalue weighted by atomic mass is 10.1. The Hall–Kier alpha value is -0.730. The fraction of sp³-hybridized carbons (Fsp3) is 0.333. The summed E-state index contributed by atoms with van der Waals surface area (Å²) >= 11 is 5.92. The van der Waals surface area contributed by atoms with E-state index in [4.69, 9.17) is 22.1 Å². The fourth-order valence-corrected chi connectivity index (χ4v) is 1.27. The second-order valence-corrected chi connectivity index (χ2v) is 3.10. The number of halogens is 1. The number of anilines is 1. The van der Waals surface area contributed by atoms with Gasteiger partial charge in [0.1, 0.15) is 0 Å². The largest absolute Gasteiger partial charge is 0.398 e. The van der Waals surface area contributed by atoms with Gasteiger partial charge in [-0.15, -0.1) is 0 Å². The zero-order valence-electron chi connectivity index (χ0n) is 7.23. The second kappa shape index (κ2) is 3.78. The lowest BCUT2D eigenvalue weighted by Gasteiger charge is -2.09.